The highest BCUT2D eigenvalue weighted by Crippen LogP contribution is 2.28. The van der Waals surface area contributed by atoms with Crippen molar-refractivity contribution in [3.63, 3.8) is 0 Å². The Hall–Kier alpha value is -2.65. The molecule has 6 nitrogen and oxygen atoms in total. The third kappa shape index (κ3) is 5.02. The SMILES string of the molecule is C[C@@H](N[C@H]1CCN(c2ccc(C(=O)N3CCC[C@@H]3C(=O)OI)cc2)C1)c1cccc2ccccc12. The van der Waals surface area contributed by atoms with Crippen molar-refractivity contribution < 1.29 is 12.7 Å². The molecule has 2 heterocycles. The van der Waals surface area contributed by atoms with Gasteiger partial charge in [0, 0.05) is 43.0 Å². The summed E-state index contributed by atoms with van der Waals surface area (Å²) in [6.07, 6.45) is 2.55. The largest absolute Gasteiger partial charge is 0.393 e. The van der Waals surface area contributed by atoms with Crippen molar-refractivity contribution in [2.45, 2.75) is 44.3 Å². The smallest absolute Gasteiger partial charge is 0.338 e. The molecule has 0 saturated carbocycles. The Labute approximate surface area is 220 Å². The molecule has 2 saturated heterocycles. The van der Waals surface area contributed by atoms with Gasteiger partial charge in [0.1, 0.15) is 6.04 Å². The lowest BCUT2D eigenvalue weighted by atomic mass is 9.99. The number of rotatable bonds is 6. The second kappa shape index (κ2) is 10.5. The van der Waals surface area contributed by atoms with Gasteiger partial charge in [-0.1, -0.05) is 42.5 Å². The molecule has 2 aliphatic rings. The first kappa shape index (κ1) is 24.1. The number of hydrogen-bond acceptors (Lipinski definition) is 5. The predicted octanol–water partition coefficient (Wildman–Crippen LogP) is 5.27. The normalized spacial score (nSPS) is 20.9. The first-order chi connectivity index (χ1) is 17.0. The lowest BCUT2D eigenvalue weighted by molar-refractivity contribution is -0.135. The minimum atomic E-state index is -0.479. The fourth-order valence-corrected chi connectivity index (χ4v) is 5.78. The average Bonchev–Trinajstić information content (AvgIpc) is 3.58. The van der Waals surface area contributed by atoms with Gasteiger partial charge in [-0.15, -0.1) is 0 Å². The highest BCUT2D eigenvalue weighted by atomic mass is 127. The quantitative estimate of drug-likeness (QED) is 0.401. The number of nitrogens with one attached hydrogen (secondary N) is 1. The second-order valence-electron chi connectivity index (χ2n) is 9.49. The average molecular weight is 583 g/mol. The number of carbonyl (C=O) groups is 2. The van der Waals surface area contributed by atoms with Gasteiger partial charge >= 0.3 is 5.97 Å². The zero-order chi connectivity index (χ0) is 24.4. The maximum Gasteiger partial charge on any atom is 0.338 e. The number of likely N-dealkylation sites (tertiary alicyclic amines) is 1. The van der Waals surface area contributed by atoms with E-state index in [9.17, 15) is 9.59 Å². The number of halogens is 1. The van der Waals surface area contributed by atoms with Crippen LogP contribution in [0, 0.1) is 0 Å². The first-order valence-corrected chi connectivity index (χ1v) is 13.2. The van der Waals surface area contributed by atoms with Crippen LogP contribution in [0.15, 0.2) is 66.7 Å². The van der Waals surface area contributed by atoms with E-state index in [0.717, 1.165) is 31.6 Å². The molecule has 5 rings (SSSR count). The number of carbonyl (C=O) groups excluding carboxylic acids is 2. The third-order valence-corrected chi connectivity index (χ3v) is 7.74. The Morgan fingerprint density at radius 1 is 1.00 bits per heavy atom. The summed E-state index contributed by atoms with van der Waals surface area (Å²) < 4.78 is 4.85. The molecule has 1 N–H and O–H groups in total. The van der Waals surface area contributed by atoms with Crippen molar-refractivity contribution >= 4 is 51.3 Å². The molecule has 2 fully saturated rings. The van der Waals surface area contributed by atoms with E-state index in [4.69, 9.17) is 3.07 Å². The summed E-state index contributed by atoms with van der Waals surface area (Å²) >= 11 is 1.59. The highest BCUT2D eigenvalue weighted by Gasteiger charge is 2.35. The molecule has 0 spiro atoms. The van der Waals surface area contributed by atoms with Gasteiger partial charge in [-0.2, -0.15) is 0 Å². The molecular weight excluding hydrogens is 553 g/mol. The molecule has 3 atom stereocenters. The van der Waals surface area contributed by atoms with Crippen LogP contribution in [0.5, 0.6) is 0 Å². The molecule has 182 valence electrons. The van der Waals surface area contributed by atoms with Gasteiger partial charge < -0.3 is 18.2 Å². The molecule has 1 amide bonds. The van der Waals surface area contributed by atoms with Crippen LogP contribution in [0.1, 0.15) is 48.1 Å². The monoisotopic (exact) mass is 583 g/mol. The Bertz CT molecular complexity index is 1210. The van der Waals surface area contributed by atoms with Gasteiger partial charge in [0.2, 0.25) is 0 Å². The lowest BCUT2D eigenvalue weighted by Gasteiger charge is -2.24. The van der Waals surface area contributed by atoms with Crippen LogP contribution in [0.25, 0.3) is 10.8 Å². The molecular formula is C28H30IN3O3. The van der Waals surface area contributed by atoms with Gasteiger partial charge in [-0.25, -0.2) is 4.79 Å². The summed E-state index contributed by atoms with van der Waals surface area (Å²) in [5.74, 6) is -0.452. The Morgan fingerprint density at radius 3 is 2.57 bits per heavy atom. The predicted molar refractivity (Wildman–Crippen MR) is 147 cm³/mol. The molecule has 3 aromatic carbocycles. The Balaban J connectivity index is 1.21. The van der Waals surface area contributed by atoms with Gasteiger partial charge in [-0.3, -0.25) is 4.79 Å². The summed E-state index contributed by atoms with van der Waals surface area (Å²) in [6, 6.07) is 23.0. The summed E-state index contributed by atoms with van der Waals surface area (Å²) in [5, 5.41) is 6.40. The fourth-order valence-electron chi connectivity index (χ4n) is 5.49. The van der Waals surface area contributed by atoms with Crippen molar-refractivity contribution in [3.05, 3.63) is 77.9 Å². The van der Waals surface area contributed by atoms with E-state index in [1.165, 1.54) is 16.3 Å². The summed E-state index contributed by atoms with van der Waals surface area (Å²) in [5.41, 5.74) is 3.06. The number of amides is 1. The molecule has 35 heavy (non-hydrogen) atoms. The van der Waals surface area contributed by atoms with E-state index < -0.39 is 6.04 Å². The Morgan fingerprint density at radius 2 is 1.77 bits per heavy atom. The van der Waals surface area contributed by atoms with Crippen LogP contribution in [0.4, 0.5) is 5.69 Å². The van der Waals surface area contributed by atoms with E-state index in [0.29, 0.717) is 24.6 Å². The molecule has 2 aliphatic heterocycles. The van der Waals surface area contributed by atoms with Crippen molar-refractivity contribution in [1.82, 2.24) is 10.2 Å². The number of fused-ring (bicyclic) bond motifs is 1. The van der Waals surface area contributed by atoms with Gasteiger partial charge in [0.25, 0.3) is 5.91 Å². The second-order valence-corrected chi connectivity index (χ2v) is 9.93. The van der Waals surface area contributed by atoms with Crippen molar-refractivity contribution in [2.75, 3.05) is 24.5 Å². The van der Waals surface area contributed by atoms with E-state index >= 15 is 0 Å². The maximum atomic E-state index is 13.0. The molecule has 3 aromatic rings. The fraction of sp³-hybridized carbons (Fsp3) is 0.357. The third-order valence-electron chi connectivity index (χ3n) is 7.31. The minimum Gasteiger partial charge on any atom is -0.393 e. The molecule has 0 radical (unpaired) electrons. The molecule has 0 bridgehead atoms. The van der Waals surface area contributed by atoms with E-state index in [1.54, 1.807) is 27.9 Å². The van der Waals surface area contributed by atoms with Crippen LogP contribution in [-0.2, 0) is 7.86 Å². The number of hydrogen-bond donors (Lipinski definition) is 1. The van der Waals surface area contributed by atoms with Crippen molar-refractivity contribution in [2.24, 2.45) is 0 Å². The highest BCUT2D eigenvalue weighted by molar-refractivity contribution is 14.1. The number of nitrogens with zero attached hydrogens (tertiary/aromatic N) is 2. The number of anilines is 1. The van der Waals surface area contributed by atoms with Crippen LogP contribution < -0.4 is 10.2 Å². The van der Waals surface area contributed by atoms with Crippen LogP contribution in [0.3, 0.4) is 0 Å². The van der Waals surface area contributed by atoms with Gasteiger partial charge in [0.05, 0.1) is 0 Å². The van der Waals surface area contributed by atoms with Crippen LogP contribution in [0.2, 0.25) is 0 Å². The van der Waals surface area contributed by atoms with Gasteiger partial charge in [0.15, 0.2) is 23.0 Å². The molecule has 0 aliphatic carbocycles. The van der Waals surface area contributed by atoms with Crippen molar-refractivity contribution in [3.8, 4) is 0 Å². The van der Waals surface area contributed by atoms with Crippen LogP contribution in [-0.4, -0.2) is 48.5 Å². The maximum absolute atomic E-state index is 13.0. The summed E-state index contributed by atoms with van der Waals surface area (Å²) in [6.45, 7) is 4.73. The van der Waals surface area contributed by atoms with Crippen LogP contribution >= 0.6 is 23.0 Å². The lowest BCUT2D eigenvalue weighted by Crippen LogP contribution is -2.40. The van der Waals surface area contributed by atoms with E-state index in [-0.39, 0.29) is 17.9 Å². The molecule has 7 heteroatoms. The summed E-state index contributed by atoms with van der Waals surface area (Å²) in [4.78, 5) is 29.0. The first-order valence-electron chi connectivity index (χ1n) is 12.3. The molecule has 0 unspecified atom stereocenters. The Kier molecular flexibility index (Phi) is 7.24. The standard InChI is InChI=1S/C28H30IN3O3/c1-19(24-9-4-7-20-6-2-3-8-25(20)24)30-22-15-17-31(18-22)23-13-11-21(12-14-23)27(33)32-16-5-10-26(32)28(34)35-29/h2-4,6-9,11-14,19,22,26,30H,5,10,15-18H2,1H3/t19-,22+,26-/m1/s1. The van der Waals surface area contributed by atoms with Crippen molar-refractivity contribution in [1.29, 1.82) is 0 Å². The zero-order valence-electron chi connectivity index (χ0n) is 19.8. The number of benzene rings is 3. The van der Waals surface area contributed by atoms with E-state index in [1.807, 2.05) is 24.3 Å². The van der Waals surface area contributed by atoms with E-state index in [2.05, 4.69) is 59.6 Å². The topological polar surface area (TPSA) is 61.9 Å². The zero-order valence-corrected chi connectivity index (χ0v) is 22.0. The van der Waals surface area contributed by atoms with Gasteiger partial charge in [-0.05, 0) is 66.8 Å². The summed E-state index contributed by atoms with van der Waals surface area (Å²) in [7, 11) is 0. The minimum absolute atomic E-state index is 0.106. The molecule has 0 aromatic heterocycles.